The average Bonchev–Trinajstić information content (AvgIpc) is 2.73. The molecule has 0 saturated heterocycles. The van der Waals surface area contributed by atoms with Crippen molar-refractivity contribution >= 4 is 22.0 Å². The van der Waals surface area contributed by atoms with Gasteiger partial charge in [0.1, 0.15) is 12.0 Å². The van der Waals surface area contributed by atoms with Crippen molar-refractivity contribution < 1.29 is 17.9 Å². The number of hydrogen-bond donors (Lipinski definition) is 0. The Hall–Kier alpha value is -3.12. The molecular weight excluding hydrogens is 410 g/mol. The maximum absolute atomic E-state index is 12.2. The molecule has 0 saturated carbocycles. The zero-order chi connectivity index (χ0) is 22.4. The largest absolute Gasteiger partial charge is 0.494 e. The summed E-state index contributed by atoms with van der Waals surface area (Å²) in [6.07, 6.45) is 2.62. The number of hydrogen-bond acceptors (Lipinski definition) is 4. The number of nitrogens with zero attached hydrogens (tertiary/aromatic N) is 1. The molecule has 0 atom stereocenters. The summed E-state index contributed by atoms with van der Waals surface area (Å²) in [5, 5.41) is 0. The van der Waals surface area contributed by atoms with Gasteiger partial charge in [-0.25, -0.2) is 8.42 Å². The van der Waals surface area contributed by atoms with Crippen LogP contribution in [0.4, 0.5) is 5.69 Å². The molecule has 3 rings (SSSR count). The Bertz CT molecular complexity index is 1130. The van der Waals surface area contributed by atoms with Crippen molar-refractivity contribution in [2.75, 3.05) is 23.7 Å². The van der Waals surface area contributed by atoms with Crippen molar-refractivity contribution in [1.82, 2.24) is 0 Å². The van der Waals surface area contributed by atoms with Crippen LogP contribution in [0, 0.1) is 13.8 Å². The molecule has 0 aliphatic rings. The molecule has 3 aromatic carbocycles. The Balaban J connectivity index is 1.68. The highest BCUT2D eigenvalue weighted by molar-refractivity contribution is 7.92. The topological polar surface area (TPSA) is 63.7 Å². The third-order valence-electron chi connectivity index (χ3n) is 5.04. The second-order valence-electron chi connectivity index (χ2n) is 7.55. The van der Waals surface area contributed by atoms with Crippen molar-refractivity contribution in [3.05, 3.63) is 83.4 Å². The van der Waals surface area contributed by atoms with Crippen LogP contribution in [0.2, 0.25) is 0 Å². The molecule has 6 heteroatoms. The molecule has 0 bridgehead atoms. The van der Waals surface area contributed by atoms with Gasteiger partial charge in [0.25, 0.3) is 0 Å². The van der Waals surface area contributed by atoms with Crippen LogP contribution in [0.25, 0.3) is 11.1 Å². The third-order valence-corrected chi connectivity index (χ3v) is 6.23. The van der Waals surface area contributed by atoms with E-state index in [-0.39, 0.29) is 0 Å². The van der Waals surface area contributed by atoms with Crippen LogP contribution in [0.1, 0.15) is 27.9 Å². The van der Waals surface area contributed by atoms with Gasteiger partial charge in [-0.2, -0.15) is 0 Å². The molecule has 0 unspecified atom stereocenters. The lowest BCUT2D eigenvalue weighted by Gasteiger charge is -2.22. The van der Waals surface area contributed by atoms with Gasteiger partial charge in [0.05, 0.1) is 18.6 Å². The molecule has 3 aromatic rings. The Morgan fingerprint density at radius 1 is 0.935 bits per heavy atom. The van der Waals surface area contributed by atoms with Gasteiger partial charge < -0.3 is 4.74 Å². The van der Waals surface area contributed by atoms with Crippen molar-refractivity contribution in [3.63, 3.8) is 0 Å². The molecule has 0 N–H and O–H groups in total. The van der Waals surface area contributed by atoms with Gasteiger partial charge in [-0.3, -0.25) is 9.10 Å². The normalized spacial score (nSPS) is 11.2. The van der Waals surface area contributed by atoms with Crippen molar-refractivity contribution in [2.24, 2.45) is 0 Å². The fraction of sp³-hybridized carbons (Fsp3) is 0.240. The van der Waals surface area contributed by atoms with E-state index in [9.17, 15) is 13.2 Å². The SMILES string of the molecule is Cc1cc(OCCCN(c2ccccc2)S(C)(=O)=O)cc(C)c1-c1cccc(C=O)c1. The second kappa shape index (κ2) is 9.79. The van der Waals surface area contributed by atoms with Gasteiger partial charge in [0, 0.05) is 18.5 Å². The number of aldehydes is 1. The van der Waals surface area contributed by atoms with Crippen LogP contribution in [0.5, 0.6) is 5.75 Å². The van der Waals surface area contributed by atoms with Crippen LogP contribution in [-0.4, -0.2) is 34.1 Å². The number of rotatable bonds is 9. The van der Waals surface area contributed by atoms with Crippen molar-refractivity contribution in [2.45, 2.75) is 20.3 Å². The number of anilines is 1. The Labute approximate surface area is 184 Å². The third kappa shape index (κ3) is 5.73. The standard InChI is InChI=1S/C25H27NO4S/c1-19-15-24(16-20(2)25(19)22-10-7-9-21(17-22)18-27)30-14-8-13-26(31(3,28)29)23-11-5-4-6-12-23/h4-7,9-12,15-18H,8,13-14H2,1-3H3. The number of aryl methyl sites for hydroxylation is 2. The summed E-state index contributed by atoms with van der Waals surface area (Å²) in [5.41, 5.74) is 5.49. The van der Waals surface area contributed by atoms with Crippen LogP contribution in [-0.2, 0) is 10.0 Å². The van der Waals surface area contributed by atoms with Crippen LogP contribution in [0.3, 0.4) is 0 Å². The van der Waals surface area contributed by atoms with Crippen molar-refractivity contribution in [3.8, 4) is 16.9 Å². The maximum atomic E-state index is 12.2. The smallest absolute Gasteiger partial charge is 0.232 e. The lowest BCUT2D eigenvalue weighted by atomic mass is 9.94. The molecule has 0 heterocycles. The highest BCUT2D eigenvalue weighted by Gasteiger charge is 2.16. The molecule has 0 aliphatic heterocycles. The monoisotopic (exact) mass is 437 g/mol. The predicted molar refractivity (Wildman–Crippen MR) is 125 cm³/mol. The van der Waals surface area contributed by atoms with E-state index in [1.54, 1.807) is 18.2 Å². The van der Waals surface area contributed by atoms with Crippen molar-refractivity contribution in [1.29, 1.82) is 0 Å². The fourth-order valence-electron chi connectivity index (χ4n) is 3.71. The first-order valence-electron chi connectivity index (χ1n) is 10.1. The van der Waals surface area contributed by atoms with Gasteiger partial charge >= 0.3 is 0 Å². The molecular formula is C25H27NO4S. The summed E-state index contributed by atoms with van der Waals surface area (Å²) in [5.74, 6) is 0.746. The van der Waals surface area contributed by atoms with E-state index >= 15 is 0 Å². The number of sulfonamides is 1. The first-order valence-corrected chi connectivity index (χ1v) is 12.0. The molecule has 31 heavy (non-hydrogen) atoms. The highest BCUT2D eigenvalue weighted by atomic mass is 32.2. The first kappa shape index (κ1) is 22.6. The van der Waals surface area contributed by atoms with Gasteiger partial charge in [0.15, 0.2) is 0 Å². The van der Waals surface area contributed by atoms with E-state index in [4.69, 9.17) is 4.74 Å². The summed E-state index contributed by atoms with van der Waals surface area (Å²) in [7, 11) is -3.37. The summed E-state index contributed by atoms with van der Waals surface area (Å²) in [4.78, 5) is 11.1. The number of para-hydroxylation sites is 1. The highest BCUT2D eigenvalue weighted by Crippen LogP contribution is 2.31. The predicted octanol–water partition coefficient (Wildman–Crippen LogP) is 5.02. The van der Waals surface area contributed by atoms with Gasteiger partial charge in [-0.1, -0.05) is 36.4 Å². The van der Waals surface area contributed by atoms with E-state index in [2.05, 4.69) is 0 Å². The molecule has 0 radical (unpaired) electrons. The Kier molecular flexibility index (Phi) is 7.13. The lowest BCUT2D eigenvalue weighted by Crippen LogP contribution is -2.31. The van der Waals surface area contributed by atoms with E-state index in [1.807, 2.05) is 62.4 Å². The van der Waals surface area contributed by atoms with E-state index in [1.165, 1.54) is 10.6 Å². The number of carbonyl (C=O) groups is 1. The Morgan fingerprint density at radius 2 is 1.61 bits per heavy atom. The molecule has 0 spiro atoms. The summed E-state index contributed by atoms with van der Waals surface area (Å²) in [6, 6.07) is 20.6. The summed E-state index contributed by atoms with van der Waals surface area (Å²) >= 11 is 0. The molecule has 5 nitrogen and oxygen atoms in total. The quantitative estimate of drug-likeness (QED) is 0.348. The molecule has 0 aromatic heterocycles. The van der Waals surface area contributed by atoms with Gasteiger partial charge in [0.2, 0.25) is 10.0 Å². The number of ether oxygens (including phenoxy) is 1. The minimum atomic E-state index is -3.37. The average molecular weight is 438 g/mol. The number of carbonyl (C=O) groups excluding carboxylic acids is 1. The molecule has 0 amide bonds. The van der Waals surface area contributed by atoms with Crippen LogP contribution < -0.4 is 9.04 Å². The zero-order valence-electron chi connectivity index (χ0n) is 18.0. The second-order valence-corrected chi connectivity index (χ2v) is 9.45. The molecule has 0 fully saturated rings. The lowest BCUT2D eigenvalue weighted by molar-refractivity contribution is 0.112. The zero-order valence-corrected chi connectivity index (χ0v) is 18.9. The minimum absolute atomic E-state index is 0.345. The fourth-order valence-corrected chi connectivity index (χ4v) is 4.67. The van der Waals surface area contributed by atoms with E-state index < -0.39 is 10.0 Å². The van der Waals surface area contributed by atoms with E-state index in [0.717, 1.165) is 34.3 Å². The van der Waals surface area contributed by atoms with Gasteiger partial charge in [-0.05, 0) is 66.4 Å². The summed E-state index contributed by atoms with van der Waals surface area (Å²) in [6.45, 7) is 4.78. The molecule has 162 valence electrons. The first-order chi connectivity index (χ1) is 14.8. The molecule has 0 aliphatic carbocycles. The number of benzene rings is 3. The van der Waals surface area contributed by atoms with Crippen LogP contribution >= 0.6 is 0 Å². The minimum Gasteiger partial charge on any atom is -0.494 e. The summed E-state index contributed by atoms with van der Waals surface area (Å²) < 4.78 is 31.7. The van der Waals surface area contributed by atoms with E-state index in [0.29, 0.717) is 30.8 Å². The van der Waals surface area contributed by atoms with Crippen LogP contribution in [0.15, 0.2) is 66.7 Å². The van der Waals surface area contributed by atoms with Gasteiger partial charge in [-0.15, -0.1) is 0 Å². The maximum Gasteiger partial charge on any atom is 0.232 e. The Morgan fingerprint density at radius 3 is 2.23 bits per heavy atom.